The Morgan fingerprint density at radius 1 is 1.10 bits per heavy atom. The van der Waals surface area contributed by atoms with Crippen LogP contribution >= 0.6 is 0 Å². The number of nitrogens with zero attached hydrogens (tertiary/aromatic N) is 3. The van der Waals surface area contributed by atoms with Gasteiger partial charge in [-0.3, -0.25) is 4.90 Å². The minimum Gasteiger partial charge on any atom is -0.379 e. The van der Waals surface area contributed by atoms with E-state index in [1.54, 1.807) is 0 Å². The first-order chi connectivity index (χ1) is 10.2. The molecule has 2 saturated heterocycles. The minimum atomic E-state index is 0.566. The molecular weight excluding hydrogens is 264 g/mol. The summed E-state index contributed by atoms with van der Waals surface area (Å²) >= 11 is 0. The number of nitrogens with one attached hydrogen (secondary N) is 1. The Morgan fingerprint density at radius 2 is 1.81 bits per heavy atom. The van der Waals surface area contributed by atoms with Crippen molar-refractivity contribution < 1.29 is 4.74 Å². The summed E-state index contributed by atoms with van der Waals surface area (Å²) in [6.45, 7) is 13.6. The molecule has 0 radical (unpaired) electrons. The molecule has 2 rings (SSSR count). The summed E-state index contributed by atoms with van der Waals surface area (Å²) in [5.41, 5.74) is 0. The van der Waals surface area contributed by atoms with Crippen LogP contribution in [0.1, 0.15) is 13.3 Å². The molecule has 2 aliphatic rings. The van der Waals surface area contributed by atoms with Crippen molar-refractivity contribution in [1.29, 1.82) is 0 Å². The quantitative estimate of drug-likeness (QED) is 0.691. The van der Waals surface area contributed by atoms with Gasteiger partial charge >= 0.3 is 0 Å². The molecule has 0 aromatic rings. The summed E-state index contributed by atoms with van der Waals surface area (Å²) in [7, 11) is 4.31. The molecule has 124 valence electrons. The first-order valence-electron chi connectivity index (χ1n) is 8.59. The number of ether oxygens (including phenoxy) is 1. The van der Waals surface area contributed by atoms with Crippen molar-refractivity contribution in [2.24, 2.45) is 5.92 Å². The standard InChI is InChI=1S/C16H34N4O/c1-4-5-17-16-14-21-13-15(16)12-20-10-8-19(9-11-20)7-6-18(2)3/h15-17H,4-14H2,1-3H3. The minimum absolute atomic E-state index is 0.566. The zero-order chi connectivity index (χ0) is 15.1. The second kappa shape index (κ2) is 9.06. The second-order valence-electron chi connectivity index (χ2n) is 6.80. The van der Waals surface area contributed by atoms with Crippen LogP contribution in [0.15, 0.2) is 0 Å². The van der Waals surface area contributed by atoms with Crippen LogP contribution in [0.25, 0.3) is 0 Å². The zero-order valence-corrected chi connectivity index (χ0v) is 14.2. The maximum atomic E-state index is 5.69. The average Bonchev–Trinajstić information content (AvgIpc) is 2.91. The van der Waals surface area contributed by atoms with E-state index in [0.717, 1.165) is 19.8 Å². The maximum Gasteiger partial charge on any atom is 0.0623 e. The zero-order valence-electron chi connectivity index (χ0n) is 14.2. The average molecular weight is 298 g/mol. The summed E-state index contributed by atoms with van der Waals surface area (Å²) < 4.78 is 5.69. The molecule has 2 aliphatic heterocycles. The molecule has 21 heavy (non-hydrogen) atoms. The van der Waals surface area contributed by atoms with Crippen LogP contribution in [-0.4, -0.2) is 100 Å². The molecule has 0 bridgehead atoms. The Hall–Kier alpha value is -0.200. The van der Waals surface area contributed by atoms with Gasteiger partial charge in [0.25, 0.3) is 0 Å². The highest BCUT2D eigenvalue weighted by Gasteiger charge is 2.30. The third kappa shape index (κ3) is 5.83. The monoisotopic (exact) mass is 298 g/mol. The Morgan fingerprint density at radius 3 is 2.48 bits per heavy atom. The molecular formula is C16H34N4O. The van der Waals surface area contributed by atoms with Crippen LogP contribution in [0.2, 0.25) is 0 Å². The van der Waals surface area contributed by atoms with Crippen LogP contribution < -0.4 is 5.32 Å². The molecule has 0 spiro atoms. The molecule has 0 aromatic carbocycles. The van der Waals surface area contributed by atoms with Gasteiger partial charge in [0.2, 0.25) is 0 Å². The molecule has 2 heterocycles. The highest BCUT2D eigenvalue weighted by atomic mass is 16.5. The van der Waals surface area contributed by atoms with Gasteiger partial charge in [-0.2, -0.15) is 0 Å². The molecule has 5 heteroatoms. The molecule has 2 fully saturated rings. The Bertz CT molecular complexity index is 279. The number of hydrogen-bond donors (Lipinski definition) is 1. The Kier molecular flexibility index (Phi) is 7.40. The summed E-state index contributed by atoms with van der Waals surface area (Å²) in [6.07, 6.45) is 1.20. The van der Waals surface area contributed by atoms with E-state index in [1.807, 2.05) is 0 Å². The van der Waals surface area contributed by atoms with E-state index in [-0.39, 0.29) is 0 Å². The van der Waals surface area contributed by atoms with Gasteiger partial charge in [0.15, 0.2) is 0 Å². The maximum absolute atomic E-state index is 5.69. The third-order valence-electron chi connectivity index (χ3n) is 4.68. The van der Waals surface area contributed by atoms with Gasteiger partial charge < -0.3 is 19.9 Å². The van der Waals surface area contributed by atoms with Crippen LogP contribution in [0.5, 0.6) is 0 Å². The number of likely N-dealkylation sites (N-methyl/N-ethyl adjacent to an activating group) is 1. The lowest BCUT2D eigenvalue weighted by Crippen LogP contribution is -2.51. The van der Waals surface area contributed by atoms with Gasteiger partial charge in [-0.1, -0.05) is 6.92 Å². The number of rotatable bonds is 8. The number of piperazine rings is 1. The van der Waals surface area contributed by atoms with Crippen molar-refractivity contribution in [1.82, 2.24) is 20.0 Å². The van der Waals surface area contributed by atoms with E-state index in [0.29, 0.717) is 12.0 Å². The highest BCUT2D eigenvalue weighted by Crippen LogP contribution is 2.16. The molecule has 5 nitrogen and oxygen atoms in total. The first-order valence-corrected chi connectivity index (χ1v) is 8.59. The fraction of sp³-hybridized carbons (Fsp3) is 1.00. The fourth-order valence-corrected chi connectivity index (χ4v) is 3.20. The summed E-state index contributed by atoms with van der Waals surface area (Å²) in [6, 6.07) is 0.566. The van der Waals surface area contributed by atoms with E-state index >= 15 is 0 Å². The van der Waals surface area contributed by atoms with Gasteiger partial charge in [0.05, 0.1) is 13.2 Å². The topological polar surface area (TPSA) is 31.0 Å². The lowest BCUT2D eigenvalue weighted by molar-refractivity contribution is 0.104. The summed E-state index contributed by atoms with van der Waals surface area (Å²) in [5, 5.41) is 3.64. The van der Waals surface area contributed by atoms with Gasteiger partial charge in [0.1, 0.15) is 0 Å². The SMILES string of the molecule is CCCNC1COCC1CN1CCN(CCN(C)C)CC1. The molecule has 0 aliphatic carbocycles. The predicted molar refractivity (Wildman–Crippen MR) is 87.8 cm³/mol. The van der Waals surface area contributed by atoms with E-state index in [1.165, 1.54) is 52.2 Å². The van der Waals surface area contributed by atoms with Crippen molar-refractivity contribution in [2.45, 2.75) is 19.4 Å². The van der Waals surface area contributed by atoms with Crippen molar-refractivity contribution in [3.05, 3.63) is 0 Å². The Labute approximate surface area is 130 Å². The third-order valence-corrected chi connectivity index (χ3v) is 4.68. The van der Waals surface area contributed by atoms with Crippen LogP contribution in [-0.2, 0) is 4.74 Å². The van der Waals surface area contributed by atoms with Gasteiger partial charge in [-0.25, -0.2) is 0 Å². The number of hydrogen-bond acceptors (Lipinski definition) is 5. The fourth-order valence-electron chi connectivity index (χ4n) is 3.20. The molecule has 2 unspecified atom stereocenters. The lowest BCUT2D eigenvalue weighted by Gasteiger charge is -2.37. The second-order valence-corrected chi connectivity index (χ2v) is 6.80. The van der Waals surface area contributed by atoms with E-state index in [4.69, 9.17) is 4.74 Å². The predicted octanol–water partition coefficient (Wildman–Crippen LogP) is 0.180. The van der Waals surface area contributed by atoms with E-state index < -0.39 is 0 Å². The lowest BCUT2D eigenvalue weighted by atomic mass is 10.0. The molecule has 1 N–H and O–H groups in total. The van der Waals surface area contributed by atoms with Gasteiger partial charge in [-0.05, 0) is 27.1 Å². The van der Waals surface area contributed by atoms with Crippen molar-refractivity contribution >= 4 is 0 Å². The molecule has 2 atom stereocenters. The van der Waals surface area contributed by atoms with Gasteiger partial charge in [-0.15, -0.1) is 0 Å². The largest absolute Gasteiger partial charge is 0.379 e. The summed E-state index contributed by atoms with van der Waals surface area (Å²) in [5.74, 6) is 0.671. The highest BCUT2D eigenvalue weighted by molar-refractivity contribution is 4.85. The normalized spacial score (nSPS) is 28.6. The summed E-state index contributed by atoms with van der Waals surface area (Å²) in [4.78, 5) is 7.49. The van der Waals surface area contributed by atoms with Crippen LogP contribution in [0.3, 0.4) is 0 Å². The Balaban J connectivity index is 1.65. The smallest absolute Gasteiger partial charge is 0.0623 e. The van der Waals surface area contributed by atoms with Gasteiger partial charge in [0, 0.05) is 57.8 Å². The van der Waals surface area contributed by atoms with Crippen molar-refractivity contribution in [3.63, 3.8) is 0 Å². The van der Waals surface area contributed by atoms with Crippen molar-refractivity contribution in [3.8, 4) is 0 Å². The van der Waals surface area contributed by atoms with Crippen LogP contribution in [0, 0.1) is 5.92 Å². The first kappa shape index (κ1) is 17.2. The van der Waals surface area contributed by atoms with E-state index in [2.05, 4.69) is 41.0 Å². The molecule has 0 aromatic heterocycles. The van der Waals surface area contributed by atoms with E-state index in [9.17, 15) is 0 Å². The van der Waals surface area contributed by atoms with Crippen LogP contribution in [0.4, 0.5) is 0 Å². The molecule has 0 amide bonds. The molecule has 0 saturated carbocycles. The van der Waals surface area contributed by atoms with Crippen molar-refractivity contribution in [2.75, 3.05) is 79.7 Å².